The number of hydrogen-bond donors (Lipinski definition) is 1. The predicted molar refractivity (Wildman–Crippen MR) is 126 cm³/mol. The monoisotopic (exact) mass is 475 g/mol. The minimum atomic E-state index is -3.24. The van der Waals surface area contributed by atoms with Gasteiger partial charge in [0.05, 0.1) is 29.8 Å². The highest BCUT2D eigenvalue weighted by Gasteiger charge is 2.14. The molecule has 10 heteroatoms. The summed E-state index contributed by atoms with van der Waals surface area (Å²) in [5.41, 5.74) is 1.67. The number of sulfonamides is 1. The maximum atomic E-state index is 13.2. The number of aryl methyl sites for hydroxylation is 1. The average molecular weight is 476 g/mol. The van der Waals surface area contributed by atoms with Crippen LogP contribution in [0, 0.1) is 0 Å². The molecule has 170 valence electrons. The molecule has 2 aromatic carbocycles. The van der Waals surface area contributed by atoms with Crippen LogP contribution in [-0.4, -0.2) is 49.6 Å². The number of benzene rings is 2. The van der Waals surface area contributed by atoms with E-state index in [1.807, 2.05) is 30.3 Å². The number of rotatable bonds is 10. The first-order chi connectivity index (χ1) is 15.3. The van der Waals surface area contributed by atoms with Gasteiger partial charge in [0.25, 0.3) is 5.56 Å². The Kier molecular flexibility index (Phi) is 8.05. The third-order valence-corrected chi connectivity index (χ3v) is 6.52. The summed E-state index contributed by atoms with van der Waals surface area (Å²) in [5.74, 6) is 0.0747. The van der Waals surface area contributed by atoms with E-state index >= 15 is 0 Å². The molecule has 0 spiro atoms. The number of esters is 1. The summed E-state index contributed by atoms with van der Waals surface area (Å²) in [6.07, 6.45) is 2.36. The number of fused-ring (bicyclic) bond motifs is 1. The Hall–Kier alpha value is -2.69. The van der Waals surface area contributed by atoms with Crippen LogP contribution >= 0.6 is 11.8 Å². The number of methoxy groups -OCH3 is 1. The minimum absolute atomic E-state index is 0.181. The van der Waals surface area contributed by atoms with Crippen LogP contribution in [0.2, 0.25) is 0 Å². The van der Waals surface area contributed by atoms with Crippen LogP contribution in [0.1, 0.15) is 22.3 Å². The number of thioether (sulfide) groups is 1. The lowest BCUT2D eigenvalue weighted by Gasteiger charge is -2.14. The number of carbonyl (C=O) groups excluding carboxylic acids is 1. The number of hydrogen-bond acceptors (Lipinski definition) is 7. The molecule has 0 fully saturated rings. The summed E-state index contributed by atoms with van der Waals surface area (Å²) in [7, 11) is -1.94. The van der Waals surface area contributed by atoms with Gasteiger partial charge in [-0.25, -0.2) is 22.9 Å². The Morgan fingerprint density at radius 2 is 1.94 bits per heavy atom. The van der Waals surface area contributed by atoms with Crippen molar-refractivity contribution in [2.45, 2.75) is 24.5 Å². The minimum Gasteiger partial charge on any atom is -0.465 e. The fourth-order valence-electron chi connectivity index (χ4n) is 3.13. The fraction of sp³-hybridized carbons (Fsp3) is 0.318. The second-order valence-electron chi connectivity index (χ2n) is 7.18. The molecule has 0 unspecified atom stereocenters. The van der Waals surface area contributed by atoms with E-state index in [2.05, 4.69) is 9.71 Å². The molecule has 0 radical (unpaired) electrons. The van der Waals surface area contributed by atoms with Crippen LogP contribution in [0.3, 0.4) is 0 Å². The van der Waals surface area contributed by atoms with Gasteiger partial charge in [-0.1, -0.05) is 42.1 Å². The molecule has 1 aromatic heterocycles. The molecule has 0 aliphatic rings. The zero-order valence-corrected chi connectivity index (χ0v) is 19.5. The average Bonchev–Trinajstić information content (AvgIpc) is 2.77. The Balaban J connectivity index is 1.89. The topological polar surface area (TPSA) is 107 Å². The maximum Gasteiger partial charge on any atom is 0.337 e. The normalized spacial score (nSPS) is 11.6. The number of ether oxygens (including phenoxy) is 1. The van der Waals surface area contributed by atoms with Gasteiger partial charge in [0.2, 0.25) is 10.0 Å². The predicted octanol–water partition coefficient (Wildman–Crippen LogP) is 2.46. The van der Waals surface area contributed by atoms with Gasteiger partial charge in [0, 0.05) is 18.8 Å². The molecule has 8 nitrogen and oxygen atoms in total. The molecule has 3 rings (SSSR count). The van der Waals surface area contributed by atoms with E-state index in [-0.39, 0.29) is 5.56 Å². The Labute approximate surface area is 191 Å². The first kappa shape index (κ1) is 24.0. The highest BCUT2D eigenvalue weighted by molar-refractivity contribution is 7.99. The van der Waals surface area contributed by atoms with Crippen molar-refractivity contribution in [3.05, 3.63) is 70.0 Å². The second kappa shape index (κ2) is 10.8. The highest BCUT2D eigenvalue weighted by Crippen LogP contribution is 2.20. The molecule has 0 saturated carbocycles. The summed E-state index contributed by atoms with van der Waals surface area (Å²) in [6, 6.07) is 14.6. The van der Waals surface area contributed by atoms with Gasteiger partial charge in [-0.05, 0) is 36.6 Å². The third kappa shape index (κ3) is 6.41. The van der Waals surface area contributed by atoms with Crippen molar-refractivity contribution < 1.29 is 17.9 Å². The third-order valence-electron chi connectivity index (χ3n) is 4.72. The lowest BCUT2D eigenvalue weighted by atomic mass is 10.1. The summed E-state index contributed by atoms with van der Waals surface area (Å²) in [5, 5.41) is 0.952. The van der Waals surface area contributed by atoms with Crippen molar-refractivity contribution in [1.82, 2.24) is 14.3 Å². The Morgan fingerprint density at radius 3 is 2.62 bits per heavy atom. The van der Waals surface area contributed by atoms with E-state index in [9.17, 15) is 18.0 Å². The maximum absolute atomic E-state index is 13.2. The van der Waals surface area contributed by atoms with Crippen LogP contribution < -0.4 is 10.3 Å². The summed E-state index contributed by atoms with van der Waals surface area (Å²) < 4.78 is 31.3. The summed E-state index contributed by atoms with van der Waals surface area (Å²) in [4.78, 5) is 29.8. The molecule has 0 aliphatic carbocycles. The molecule has 32 heavy (non-hydrogen) atoms. The molecular formula is C22H25N3O5S2. The number of carbonyl (C=O) groups is 1. The summed E-state index contributed by atoms with van der Waals surface area (Å²) in [6.45, 7) is 0.759. The second-order valence-corrected chi connectivity index (χ2v) is 10.1. The zero-order valence-electron chi connectivity index (χ0n) is 17.9. The van der Waals surface area contributed by atoms with E-state index in [4.69, 9.17) is 4.74 Å². The van der Waals surface area contributed by atoms with E-state index in [1.54, 1.807) is 22.8 Å². The zero-order chi connectivity index (χ0) is 23.1. The van der Waals surface area contributed by atoms with Crippen LogP contribution in [0.25, 0.3) is 10.9 Å². The van der Waals surface area contributed by atoms with Crippen LogP contribution in [0.4, 0.5) is 0 Å². The fourth-order valence-corrected chi connectivity index (χ4v) is 4.61. The SMILES string of the molecule is COC(=O)c1ccc2c(=O)n(CCc3ccccc3)c(SCCCNS(C)(=O)=O)nc2c1. The molecule has 1 heterocycles. The number of nitrogens with zero attached hydrogens (tertiary/aromatic N) is 2. The lowest BCUT2D eigenvalue weighted by Crippen LogP contribution is -2.25. The molecule has 0 atom stereocenters. The molecule has 0 bridgehead atoms. The van der Waals surface area contributed by atoms with Crippen LogP contribution in [0.5, 0.6) is 0 Å². The van der Waals surface area contributed by atoms with Gasteiger partial charge in [0.1, 0.15) is 0 Å². The molecule has 0 amide bonds. The van der Waals surface area contributed by atoms with Gasteiger partial charge in [-0.15, -0.1) is 0 Å². The van der Waals surface area contributed by atoms with E-state index in [1.165, 1.54) is 18.9 Å². The van der Waals surface area contributed by atoms with Crippen molar-refractivity contribution >= 4 is 38.7 Å². The van der Waals surface area contributed by atoms with Crippen molar-refractivity contribution in [3.63, 3.8) is 0 Å². The van der Waals surface area contributed by atoms with Gasteiger partial charge in [-0.2, -0.15) is 0 Å². The highest BCUT2D eigenvalue weighted by atomic mass is 32.2. The van der Waals surface area contributed by atoms with Gasteiger partial charge in [-0.3, -0.25) is 9.36 Å². The quantitative estimate of drug-likeness (QED) is 0.208. The van der Waals surface area contributed by atoms with Gasteiger partial charge < -0.3 is 4.74 Å². The van der Waals surface area contributed by atoms with E-state index < -0.39 is 16.0 Å². The molecule has 0 aliphatic heterocycles. The smallest absolute Gasteiger partial charge is 0.337 e. The van der Waals surface area contributed by atoms with E-state index in [0.29, 0.717) is 53.3 Å². The van der Waals surface area contributed by atoms with Crippen molar-refractivity contribution in [2.75, 3.05) is 25.7 Å². The lowest BCUT2D eigenvalue weighted by molar-refractivity contribution is 0.0601. The van der Waals surface area contributed by atoms with Crippen LogP contribution in [0.15, 0.2) is 58.5 Å². The Bertz CT molecular complexity index is 1260. The largest absolute Gasteiger partial charge is 0.465 e. The van der Waals surface area contributed by atoms with Gasteiger partial charge in [0.15, 0.2) is 5.16 Å². The molecule has 0 saturated heterocycles. The van der Waals surface area contributed by atoms with Crippen LogP contribution in [-0.2, 0) is 27.7 Å². The molecule has 1 N–H and O–H groups in total. The first-order valence-corrected chi connectivity index (χ1v) is 12.9. The number of aromatic nitrogens is 2. The van der Waals surface area contributed by atoms with Crippen molar-refractivity contribution in [2.24, 2.45) is 0 Å². The molecular weight excluding hydrogens is 450 g/mol. The number of nitrogens with one attached hydrogen (secondary N) is 1. The molecule has 3 aromatic rings. The van der Waals surface area contributed by atoms with Crippen molar-refractivity contribution in [3.8, 4) is 0 Å². The standard InChI is InChI=1S/C22H25N3O5S2/c1-30-21(27)17-9-10-18-19(15-17)24-22(31-14-6-12-23-32(2,28)29)25(20(18)26)13-11-16-7-4-3-5-8-16/h3-5,7-10,15,23H,6,11-14H2,1-2H3. The first-order valence-electron chi connectivity index (χ1n) is 10.0. The summed E-state index contributed by atoms with van der Waals surface area (Å²) >= 11 is 1.38. The van der Waals surface area contributed by atoms with Crippen molar-refractivity contribution in [1.29, 1.82) is 0 Å². The van der Waals surface area contributed by atoms with E-state index in [0.717, 1.165) is 11.8 Å². The van der Waals surface area contributed by atoms with Gasteiger partial charge >= 0.3 is 5.97 Å². The Morgan fingerprint density at radius 1 is 1.19 bits per heavy atom.